The van der Waals surface area contributed by atoms with Gasteiger partial charge in [0.25, 0.3) is 0 Å². The first kappa shape index (κ1) is 61.0. The second-order valence-electron chi connectivity index (χ2n) is 15.7. The first-order valence-electron chi connectivity index (χ1n) is 21.0. The third-order valence-electron chi connectivity index (χ3n) is 9.73. The monoisotopic (exact) mass is 978 g/mol. The number of rotatable bonds is 32. The normalized spacial score (nSPS) is 15.9. The zero-order valence-corrected chi connectivity index (χ0v) is 39.1. The van der Waals surface area contributed by atoms with Crippen molar-refractivity contribution in [3.05, 3.63) is 0 Å². The van der Waals surface area contributed by atoms with Crippen molar-refractivity contribution in [3.63, 3.8) is 0 Å². The Hall–Kier alpha value is -5.97. The van der Waals surface area contributed by atoms with Gasteiger partial charge >= 0.3 is 11.9 Å². The molecule has 0 aromatic carbocycles. The van der Waals surface area contributed by atoms with Crippen molar-refractivity contribution in [1.29, 1.82) is 0 Å². The Labute approximate surface area is 390 Å². The highest BCUT2D eigenvalue weighted by Crippen LogP contribution is 2.11. The molecule has 0 aromatic heterocycles. The summed E-state index contributed by atoms with van der Waals surface area (Å²) in [6, 6.07) is -13.6. The molecule has 0 aliphatic rings. The number of thioether (sulfide) groups is 1. The second kappa shape index (κ2) is 31.1. The summed E-state index contributed by atoms with van der Waals surface area (Å²) in [6.45, 7) is 5.81. The van der Waals surface area contributed by atoms with Crippen molar-refractivity contribution in [1.82, 2.24) is 47.9 Å². The van der Waals surface area contributed by atoms with E-state index in [1.807, 2.05) is 0 Å². The average Bonchev–Trinajstić information content (AvgIpc) is 3.25. The lowest BCUT2D eigenvalue weighted by atomic mass is 9.97. The van der Waals surface area contributed by atoms with Crippen LogP contribution in [0, 0.1) is 11.8 Å². The van der Waals surface area contributed by atoms with E-state index in [0.717, 1.165) is 6.92 Å². The van der Waals surface area contributed by atoms with Gasteiger partial charge in [0.1, 0.15) is 48.6 Å². The minimum atomic E-state index is -1.86. The zero-order valence-electron chi connectivity index (χ0n) is 38.3. The maximum Gasteiger partial charge on any atom is 0.305 e. The van der Waals surface area contributed by atoms with Crippen LogP contribution in [0.3, 0.4) is 0 Å². The van der Waals surface area contributed by atoms with Gasteiger partial charge in [0.05, 0.1) is 50.8 Å². The van der Waals surface area contributed by atoms with E-state index < -0.39 is 170 Å². The molecule has 380 valence electrons. The van der Waals surface area contributed by atoms with Crippen LogP contribution in [-0.2, 0) is 57.5 Å². The number of carbonyl (C=O) groups excluding carboxylic acids is 10. The van der Waals surface area contributed by atoms with E-state index in [0.29, 0.717) is 0 Å². The number of aliphatic hydroxyl groups excluding tert-OH is 3. The lowest BCUT2D eigenvalue weighted by molar-refractivity contribution is -0.142. The Balaban J connectivity index is 6.09. The average molecular weight is 979 g/mol. The molecule has 0 saturated heterocycles. The van der Waals surface area contributed by atoms with Crippen LogP contribution in [0.4, 0.5) is 0 Å². The van der Waals surface area contributed by atoms with E-state index in [4.69, 9.17) is 10.8 Å². The van der Waals surface area contributed by atoms with Crippen molar-refractivity contribution in [2.24, 2.45) is 17.6 Å². The Morgan fingerprint density at radius 1 is 0.582 bits per heavy atom. The highest BCUT2D eigenvalue weighted by atomic mass is 32.2. The van der Waals surface area contributed by atoms with Crippen LogP contribution in [0.15, 0.2) is 0 Å². The number of hydrogen-bond donors (Lipinski definition) is 15. The smallest absolute Gasteiger partial charge is 0.305 e. The van der Waals surface area contributed by atoms with E-state index in [2.05, 4.69) is 47.9 Å². The predicted molar refractivity (Wildman–Crippen MR) is 236 cm³/mol. The van der Waals surface area contributed by atoms with Crippen LogP contribution in [0.25, 0.3) is 0 Å². The molecule has 28 heteroatoms. The quantitative estimate of drug-likeness (QED) is 0.0279. The maximum atomic E-state index is 13.7. The molecule has 0 rings (SSSR count). The van der Waals surface area contributed by atoms with Gasteiger partial charge in [-0.15, -0.1) is 0 Å². The van der Waals surface area contributed by atoms with Gasteiger partial charge in [-0.1, -0.05) is 34.1 Å². The molecule has 0 aliphatic heterocycles. The SMILES string of the molecule is CC[C@H](C)[C@H](NC(=O)[C@H](CO)NC(=O)CNC(=O)[C@@H](NC(=O)[C@H](CO)NC(=O)[C@H](C)N)[C@@H](C)O)C(=O)N[C@@H](CC(=O)O)C(=O)N[C@@H](CCSC)C(=O)N[C@H](C(=O)N[C@H](C=O)CC(=O)O)C(C)C. The molecule has 9 amide bonds. The molecule has 11 atom stereocenters. The molecule has 0 aromatic rings. The molecule has 0 fully saturated rings. The van der Waals surface area contributed by atoms with Gasteiger partial charge in [-0.3, -0.25) is 52.7 Å². The number of carbonyl (C=O) groups is 12. The summed E-state index contributed by atoms with van der Waals surface area (Å²) in [7, 11) is 0. The van der Waals surface area contributed by atoms with Crippen LogP contribution in [0.1, 0.15) is 67.2 Å². The largest absolute Gasteiger partial charge is 0.481 e. The van der Waals surface area contributed by atoms with Crippen molar-refractivity contribution >= 4 is 83.2 Å². The highest BCUT2D eigenvalue weighted by molar-refractivity contribution is 7.98. The molecule has 67 heavy (non-hydrogen) atoms. The van der Waals surface area contributed by atoms with Crippen molar-refractivity contribution in [2.45, 2.75) is 128 Å². The topological polar surface area (TPSA) is 440 Å². The van der Waals surface area contributed by atoms with Crippen LogP contribution < -0.4 is 53.6 Å². The number of nitrogens with two attached hydrogens (primary N) is 1. The number of aliphatic carboxylic acids is 2. The van der Waals surface area contributed by atoms with Crippen LogP contribution in [0.5, 0.6) is 0 Å². The lowest BCUT2D eigenvalue weighted by Gasteiger charge is -2.29. The molecule has 0 spiro atoms. The van der Waals surface area contributed by atoms with Gasteiger partial charge < -0.3 is 83.9 Å². The maximum absolute atomic E-state index is 13.7. The van der Waals surface area contributed by atoms with E-state index in [-0.39, 0.29) is 24.9 Å². The fourth-order valence-corrected chi connectivity index (χ4v) is 6.11. The summed E-state index contributed by atoms with van der Waals surface area (Å²) in [6.07, 6.45) is -1.27. The van der Waals surface area contributed by atoms with Gasteiger partial charge in [-0.25, -0.2) is 0 Å². The number of hydrogen-bond acceptors (Lipinski definition) is 17. The van der Waals surface area contributed by atoms with Crippen molar-refractivity contribution < 1.29 is 83.1 Å². The minimum Gasteiger partial charge on any atom is -0.481 e. The molecule has 16 N–H and O–H groups in total. The van der Waals surface area contributed by atoms with Gasteiger partial charge in [-0.2, -0.15) is 11.8 Å². The van der Waals surface area contributed by atoms with Crippen molar-refractivity contribution in [3.8, 4) is 0 Å². The first-order chi connectivity index (χ1) is 31.3. The van der Waals surface area contributed by atoms with E-state index in [1.165, 1.54) is 25.6 Å². The Bertz CT molecular complexity index is 1750. The van der Waals surface area contributed by atoms with E-state index >= 15 is 0 Å². The van der Waals surface area contributed by atoms with E-state index in [1.54, 1.807) is 27.0 Å². The molecule has 0 bridgehead atoms. The number of aldehydes is 1. The summed E-state index contributed by atoms with van der Waals surface area (Å²) in [5.41, 5.74) is 5.45. The van der Waals surface area contributed by atoms with Crippen LogP contribution in [0.2, 0.25) is 0 Å². The van der Waals surface area contributed by atoms with Gasteiger partial charge in [0.2, 0.25) is 53.2 Å². The third kappa shape index (κ3) is 22.4. The van der Waals surface area contributed by atoms with E-state index in [9.17, 15) is 78.0 Å². The molecule has 0 saturated carbocycles. The summed E-state index contributed by atoms with van der Waals surface area (Å²) < 4.78 is 0. The molecular weight excluding hydrogens is 913 g/mol. The fourth-order valence-electron chi connectivity index (χ4n) is 5.63. The molecule has 0 aliphatic carbocycles. The molecular formula is C39H66N10O17S. The number of aliphatic hydroxyl groups is 3. The third-order valence-corrected chi connectivity index (χ3v) is 10.4. The highest BCUT2D eigenvalue weighted by Gasteiger charge is 2.36. The van der Waals surface area contributed by atoms with Gasteiger partial charge in [0, 0.05) is 0 Å². The Morgan fingerprint density at radius 3 is 1.51 bits per heavy atom. The fraction of sp³-hybridized carbons (Fsp3) is 0.692. The number of amides is 9. The van der Waals surface area contributed by atoms with Crippen LogP contribution >= 0.6 is 11.8 Å². The molecule has 0 radical (unpaired) electrons. The summed E-state index contributed by atoms with van der Waals surface area (Å²) >= 11 is 1.27. The summed E-state index contributed by atoms with van der Waals surface area (Å²) in [4.78, 5) is 152. The first-order valence-corrected chi connectivity index (χ1v) is 22.4. The second-order valence-corrected chi connectivity index (χ2v) is 16.7. The van der Waals surface area contributed by atoms with Gasteiger partial charge in [-0.05, 0) is 44.1 Å². The van der Waals surface area contributed by atoms with Crippen molar-refractivity contribution in [2.75, 3.05) is 31.8 Å². The molecule has 0 heterocycles. The predicted octanol–water partition coefficient (Wildman–Crippen LogP) is -6.70. The Kier molecular flexibility index (Phi) is 28.3. The minimum absolute atomic E-state index is 0.0584. The number of carboxylic acid groups (broad SMARTS) is 2. The number of carboxylic acids is 2. The lowest BCUT2D eigenvalue weighted by Crippen LogP contribution is -2.61. The molecule has 0 unspecified atom stereocenters. The number of nitrogens with one attached hydrogen (secondary N) is 9. The zero-order chi connectivity index (χ0) is 51.7. The summed E-state index contributed by atoms with van der Waals surface area (Å²) in [5, 5.41) is 68.6. The standard InChI is InChI=1S/C39H66N10O17S/c1-8-18(4)30(48-35(62)24(15-51)43-26(54)13-41-37(64)31(20(6)53)49-36(63)25(16-52)46-32(59)19(5)40)39(66)45-23(12-28(57)58)34(61)44-22(9-10-67-7)33(60)47-29(17(2)3)38(65)42-21(14-50)11-27(55)56/h14,17-25,29-31,51-53H,8-13,15-16,40H2,1-7H3,(H,41,64)(H,42,65)(H,43,54)(H,44,61)(H,45,66)(H,46,59)(H,47,60)(H,48,62)(H,49,63)(H,55,56)(H,57,58)/t18-,19-,20+,21-,22-,23-,24-,25-,29-,30-,31-/m0/s1. The Morgan fingerprint density at radius 2 is 1.04 bits per heavy atom. The van der Waals surface area contributed by atoms with Gasteiger partial charge in [0.15, 0.2) is 0 Å². The molecule has 27 nitrogen and oxygen atoms in total. The van der Waals surface area contributed by atoms with Crippen LogP contribution in [-0.4, -0.2) is 189 Å². The summed E-state index contributed by atoms with van der Waals surface area (Å²) in [5.74, 6) is -13.3.